The van der Waals surface area contributed by atoms with E-state index in [2.05, 4.69) is 34.9 Å². The van der Waals surface area contributed by atoms with Crippen molar-refractivity contribution in [3.8, 4) is 11.1 Å². The van der Waals surface area contributed by atoms with Crippen LogP contribution in [0.2, 0.25) is 0 Å². The largest absolute Gasteiger partial charge is 0.480 e. The quantitative estimate of drug-likeness (QED) is 0.496. The highest BCUT2D eigenvalue weighted by atomic mass is 16.5. The number of ether oxygens (including phenoxy) is 1. The molecule has 3 aliphatic rings. The Morgan fingerprint density at radius 3 is 2.11 bits per heavy atom. The summed E-state index contributed by atoms with van der Waals surface area (Å²) in [6.45, 7) is 2.06. The first-order chi connectivity index (χ1) is 16.9. The number of carboxylic acids is 1. The lowest BCUT2D eigenvalue weighted by Crippen LogP contribution is -2.54. The van der Waals surface area contributed by atoms with E-state index in [-0.39, 0.29) is 36.7 Å². The van der Waals surface area contributed by atoms with Crippen molar-refractivity contribution in [3.05, 3.63) is 59.7 Å². The van der Waals surface area contributed by atoms with Crippen molar-refractivity contribution in [2.24, 2.45) is 11.8 Å². The van der Waals surface area contributed by atoms with Gasteiger partial charge in [0.2, 0.25) is 5.91 Å². The highest BCUT2D eigenvalue weighted by molar-refractivity contribution is 5.85. The molecular weight excluding hydrogens is 444 g/mol. The first-order valence-electron chi connectivity index (χ1n) is 12.5. The molecule has 184 valence electrons. The van der Waals surface area contributed by atoms with Crippen LogP contribution in [0.3, 0.4) is 0 Å². The van der Waals surface area contributed by atoms with Gasteiger partial charge in [-0.05, 0) is 66.7 Å². The number of rotatable bonds is 9. The molecule has 35 heavy (non-hydrogen) atoms. The number of amides is 2. The number of hydrogen-bond donors (Lipinski definition) is 3. The van der Waals surface area contributed by atoms with Gasteiger partial charge in [0.15, 0.2) is 0 Å². The van der Waals surface area contributed by atoms with E-state index in [1.165, 1.54) is 0 Å². The van der Waals surface area contributed by atoms with Gasteiger partial charge in [-0.3, -0.25) is 4.79 Å². The van der Waals surface area contributed by atoms with Crippen molar-refractivity contribution in [3.63, 3.8) is 0 Å². The highest BCUT2D eigenvalue weighted by Crippen LogP contribution is 2.45. The molecule has 7 nitrogen and oxygen atoms in total. The van der Waals surface area contributed by atoms with E-state index >= 15 is 0 Å². The third-order valence-corrected chi connectivity index (χ3v) is 7.94. The molecule has 2 unspecified atom stereocenters. The molecule has 0 spiro atoms. The van der Waals surface area contributed by atoms with Gasteiger partial charge >= 0.3 is 12.1 Å². The summed E-state index contributed by atoms with van der Waals surface area (Å²) < 4.78 is 5.70. The molecule has 0 radical (unpaired) electrons. The van der Waals surface area contributed by atoms with E-state index < -0.39 is 23.6 Å². The van der Waals surface area contributed by atoms with Crippen LogP contribution in [-0.2, 0) is 14.3 Å². The molecule has 7 heteroatoms. The van der Waals surface area contributed by atoms with Crippen molar-refractivity contribution in [1.82, 2.24) is 10.6 Å². The Labute approximate surface area is 205 Å². The number of aliphatic carboxylic acids is 1. The summed E-state index contributed by atoms with van der Waals surface area (Å²) in [6.07, 6.45) is 3.93. The van der Waals surface area contributed by atoms with Crippen LogP contribution >= 0.6 is 0 Å². The zero-order valence-electron chi connectivity index (χ0n) is 20.0. The van der Waals surface area contributed by atoms with Gasteiger partial charge in [-0.15, -0.1) is 0 Å². The van der Waals surface area contributed by atoms with Crippen molar-refractivity contribution in [1.29, 1.82) is 0 Å². The average Bonchev–Trinajstić information content (AvgIpc) is 3.60. The van der Waals surface area contributed by atoms with Crippen molar-refractivity contribution >= 4 is 18.0 Å². The lowest BCUT2D eigenvalue weighted by molar-refractivity contribution is -0.144. The second-order valence-corrected chi connectivity index (χ2v) is 10.4. The molecular formula is C28H32N2O5. The Balaban J connectivity index is 1.22. The van der Waals surface area contributed by atoms with E-state index in [1.807, 2.05) is 31.2 Å². The van der Waals surface area contributed by atoms with Crippen LogP contribution in [-0.4, -0.2) is 41.3 Å². The molecule has 2 fully saturated rings. The zero-order valence-corrected chi connectivity index (χ0v) is 20.0. The van der Waals surface area contributed by atoms with E-state index in [0.717, 1.165) is 54.4 Å². The minimum Gasteiger partial charge on any atom is -0.480 e. The average molecular weight is 477 g/mol. The van der Waals surface area contributed by atoms with Crippen molar-refractivity contribution in [2.45, 2.75) is 62.9 Å². The molecule has 2 aromatic rings. The highest BCUT2D eigenvalue weighted by Gasteiger charge is 2.45. The normalized spacial score (nSPS) is 19.5. The van der Waals surface area contributed by atoms with Gasteiger partial charge in [0.1, 0.15) is 12.6 Å². The van der Waals surface area contributed by atoms with Gasteiger partial charge in [0.05, 0.1) is 5.54 Å². The fraction of sp³-hybridized carbons (Fsp3) is 0.464. The van der Waals surface area contributed by atoms with Crippen LogP contribution in [0.4, 0.5) is 4.79 Å². The molecule has 2 amide bonds. The Morgan fingerprint density at radius 1 is 1.00 bits per heavy atom. The molecule has 3 N–H and O–H groups in total. The predicted octanol–water partition coefficient (Wildman–Crippen LogP) is 4.45. The van der Waals surface area contributed by atoms with Crippen LogP contribution < -0.4 is 10.6 Å². The first kappa shape index (κ1) is 23.4. The van der Waals surface area contributed by atoms with E-state index in [0.29, 0.717) is 0 Å². The van der Waals surface area contributed by atoms with Crippen LogP contribution in [0.1, 0.15) is 62.5 Å². The Hall–Kier alpha value is -3.35. The minimum absolute atomic E-state index is 0.0151. The fourth-order valence-corrected chi connectivity index (χ4v) is 5.59. The number of carbonyl (C=O) groups excluding carboxylic acids is 2. The molecule has 0 bridgehead atoms. The van der Waals surface area contributed by atoms with Gasteiger partial charge < -0.3 is 20.5 Å². The predicted molar refractivity (Wildman–Crippen MR) is 131 cm³/mol. The number of carbonyl (C=O) groups is 3. The van der Waals surface area contributed by atoms with E-state index in [1.54, 1.807) is 0 Å². The second kappa shape index (κ2) is 9.36. The van der Waals surface area contributed by atoms with Gasteiger partial charge in [-0.1, -0.05) is 55.0 Å². The molecule has 2 aromatic carbocycles. The van der Waals surface area contributed by atoms with Gasteiger partial charge in [-0.2, -0.15) is 0 Å². The number of nitrogens with one attached hydrogen (secondary N) is 2. The maximum absolute atomic E-state index is 12.9. The van der Waals surface area contributed by atoms with Crippen LogP contribution in [0.15, 0.2) is 48.5 Å². The summed E-state index contributed by atoms with van der Waals surface area (Å²) in [5.41, 5.74) is 3.82. The molecule has 0 heterocycles. The van der Waals surface area contributed by atoms with Crippen LogP contribution in [0, 0.1) is 11.8 Å². The Morgan fingerprint density at radius 2 is 1.60 bits per heavy atom. The number of carboxylic acid groups (broad SMARTS) is 1. The standard InChI is InChI=1S/C28H32N2O5/c1-28(18-13-14-18,15-24(31)29-25(26(32)33)17-7-6-8-17)30-27(34)35-16-23-21-11-4-2-9-19(21)20-10-3-5-12-22(20)23/h2-5,9-12,17-18,23,25H,6-8,13-16H2,1H3,(H,29,31)(H,30,34)(H,32,33). The summed E-state index contributed by atoms with van der Waals surface area (Å²) in [6, 6.07) is 15.5. The number of benzene rings is 2. The first-order valence-corrected chi connectivity index (χ1v) is 12.5. The maximum atomic E-state index is 12.9. The third-order valence-electron chi connectivity index (χ3n) is 7.94. The third kappa shape index (κ3) is 4.77. The lowest BCUT2D eigenvalue weighted by atomic mass is 9.79. The Bertz CT molecular complexity index is 1090. The molecule has 0 aliphatic heterocycles. The minimum atomic E-state index is -0.999. The fourth-order valence-electron chi connectivity index (χ4n) is 5.59. The maximum Gasteiger partial charge on any atom is 0.407 e. The number of hydrogen-bond acceptors (Lipinski definition) is 4. The van der Waals surface area contributed by atoms with Gasteiger partial charge in [0, 0.05) is 12.3 Å². The molecule has 2 atom stereocenters. The topological polar surface area (TPSA) is 105 Å². The van der Waals surface area contributed by atoms with Crippen molar-refractivity contribution < 1.29 is 24.2 Å². The molecule has 5 rings (SSSR count). The monoisotopic (exact) mass is 476 g/mol. The zero-order chi connectivity index (χ0) is 24.6. The summed E-state index contributed by atoms with van der Waals surface area (Å²) in [4.78, 5) is 37.3. The van der Waals surface area contributed by atoms with Crippen molar-refractivity contribution in [2.75, 3.05) is 6.61 Å². The van der Waals surface area contributed by atoms with E-state index in [4.69, 9.17) is 4.74 Å². The van der Waals surface area contributed by atoms with Gasteiger partial charge in [-0.25, -0.2) is 9.59 Å². The number of fused-ring (bicyclic) bond motifs is 3. The summed E-state index contributed by atoms with van der Waals surface area (Å²) in [7, 11) is 0. The molecule has 3 aliphatic carbocycles. The molecule has 2 saturated carbocycles. The second-order valence-electron chi connectivity index (χ2n) is 10.4. The van der Waals surface area contributed by atoms with E-state index in [9.17, 15) is 19.5 Å². The van der Waals surface area contributed by atoms with Crippen LogP contribution in [0.5, 0.6) is 0 Å². The lowest BCUT2D eigenvalue weighted by Gasteiger charge is -2.34. The molecule has 0 saturated heterocycles. The smallest absolute Gasteiger partial charge is 0.407 e. The summed E-state index contributed by atoms with van der Waals surface area (Å²) in [5.74, 6) is -1.24. The Kier molecular flexibility index (Phi) is 6.26. The summed E-state index contributed by atoms with van der Waals surface area (Å²) in [5, 5.41) is 15.2. The summed E-state index contributed by atoms with van der Waals surface area (Å²) >= 11 is 0. The number of alkyl carbamates (subject to hydrolysis) is 1. The molecule has 0 aromatic heterocycles. The van der Waals surface area contributed by atoms with Gasteiger partial charge in [0.25, 0.3) is 0 Å². The SMILES string of the molecule is CC(CC(=O)NC(C(=O)O)C1CCC1)(NC(=O)OCC1c2ccccc2-c2ccccc21)C1CC1. The van der Waals surface area contributed by atoms with Crippen LogP contribution in [0.25, 0.3) is 11.1 Å².